The molecule has 1 nitrogen and oxygen atoms in total. The van der Waals surface area contributed by atoms with E-state index in [1.54, 1.807) is 0 Å². The van der Waals surface area contributed by atoms with Crippen LogP contribution in [0.5, 0.6) is 0 Å². The molecule has 0 saturated carbocycles. The topological polar surface area (TPSA) is 17.1 Å². The van der Waals surface area contributed by atoms with Crippen LogP contribution >= 0.6 is 0 Å². The van der Waals surface area contributed by atoms with Crippen molar-refractivity contribution in [2.75, 3.05) is 0 Å². The molecule has 0 amide bonds. The Hall–Kier alpha value is 0.189. The molecule has 0 rings (SSSR count). The Morgan fingerprint density at radius 3 is 2.43 bits per heavy atom. The molecule has 43 valence electrons. The fourth-order valence-electron chi connectivity index (χ4n) is 0.311. The Labute approximate surface area is 52.3 Å². The van der Waals surface area contributed by atoms with Gasteiger partial charge in [0.05, 0.1) is 0 Å². The number of hydrogen-bond donors (Lipinski definition) is 0. The van der Waals surface area contributed by atoms with Crippen LogP contribution in [0.25, 0.3) is 0 Å². The molecule has 0 aliphatic rings. The number of rotatable bonds is 3. The van der Waals surface area contributed by atoms with E-state index in [4.69, 9.17) is 0 Å². The molecular weight excluding hydrogens is 132 g/mol. The van der Waals surface area contributed by atoms with E-state index in [1.165, 1.54) is 0 Å². The van der Waals surface area contributed by atoms with E-state index in [-0.39, 0.29) is 4.68 Å². The molecular formula is C5H9FeO. The van der Waals surface area contributed by atoms with E-state index >= 15 is 0 Å². The summed E-state index contributed by atoms with van der Waals surface area (Å²) in [6.07, 6.45) is 2.72. The average Bonchev–Trinajstić information content (AvgIpc) is 1.61. The first-order chi connectivity index (χ1) is 3.27. The van der Waals surface area contributed by atoms with Gasteiger partial charge < -0.3 is 0 Å². The number of carbonyl (C=O) groups is 1. The maximum atomic E-state index is 10.1. The van der Waals surface area contributed by atoms with Crippen molar-refractivity contribution in [2.45, 2.75) is 26.2 Å². The van der Waals surface area contributed by atoms with Crippen molar-refractivity contribution in [3.05, 3.63) is 0 Å². The number of carbonyl (C=O) groups excluding carboxylic acids is 1. The Bertz CT molecular complexity index is 61.1. The number of unbranched alkanes of at least 4 members (excludes halogenated alkanes) is 1. The summed E-state index contributed by atoms with van der Waals surface area (Å²) in [5.74, 6) is 0. The summed E-state index contributed by atoms with van der Waals surface area (Å²) in [7, 11) is 0. The molecule has 0 fully saturated rings. The van der Waals surface area contributed by atoms with Gasteiger partial charge in [-0.3, -0.25) is 0 Å². The van der Waals surface area contributed by atoms with Gasteiger partial charge in [0.25, 0.3) is 0 Å². The standard InChI is InChI=1S/C5H9O.Fe/c1-2-3-4-5-6;/h2-4H2,1H3;. The Morgan fingerprint density at radius 2 is 2.29 bits per heavy atom. The average molecular weight is 141 g/mol. The summed E-state index contributed by atoms with van der Waals surface area (Å²) < 4.78 is 0.0573. The molecule has 0 spiro atoms. The molecule has 0 aromatic heterocycles. The molecule has 0 heterocycles. The van der Waals surface area contributed by atoms with Crippen LogP contribution in [0.15, 0.2) is 0 Å². The van der Waals surface area contributed by atoms with E-state index in [1.807, 2.05) is 0 Å². The fourth-order valence-corrected chi connectivity index (χ4v) is 0.507. The Balaban J connectivity index is 2.82. The van der Waals surface area contributed by atoms with Gasteiger partial charge in [-0.2, -0.15) is 0 Å². The van der Waals surface area contributed by atoms with Gasteiger partial charge in [-0.25, -0.2) is 0 Å². The molecule has 0 aliphatic heterocycles. The molecule has 0 N–H and O–H groups in total. The van der Waals surface area contributed by atoms with E-state index < -0.39 is 0 Å². The van der Waals surface area contributed by atoms with Crippen molar-refractivity contribution in [2.24, 2.45) is 0 Å². The van der Waals surface area contributed by atoms with Gasteiger partial charge in [0.1, 0.15) is 0 Å². The van der Waals surface area contributed by atoms with Crippen molar-refractivity contribution < 1.29 is 20.8 Å². The second-order valence-corrected chi connectivity index (χ2v) is 2.06. The van der Waals surface area contributed by atoms with Gasteiger partial charge in [-0.1, -0.05) is 0 Å². The molecule has 0 bridgehead atoms. The van der Waals surface area contributed by atoms with Gasteiger partial charge >= 0.3 is 51.7 Å². The van der Waals surface area contributed by atoms with Crippen LogP contribution in [0.2, 0.25) is 0 Å². The minimum atomic E-state index is 0.0573. The van der Waals surface area contributed by atoms with Gasteiger partial charge in [0, 0.05) is 0 Å². The molecule has 0 radical (unpaired) electrons. The van der Waals surface area contributed by atoms with Gasteiger partial charge in [-0.15, -0.1) is 0 Å². The monoisotopic (exact) mass is 141 g/mol. The third-order valence-corrected chi connectivity index (χ3v) is 0.997. The first-order valence-corrected chi connectivity index (χ1v) is 2.99. The van der Waals surface area contributed by atoms with Crippen molar-refractivity contribution in [3.63, 3.8) is 0 Å². The summed E-state index contributed by atoms with van der Waals surface area (Å²) in [6.45, 7) is 2.06. The number of hydrogen-bond acceptors (Lipinski definition) is 1. The van der Waals surface area contributed by atoms with Crippen LogP contribution < -0.4 is 0 Å². The van der Waals surface area contributed by atoms with Crippen molar-refractivity contribution >= 4 is 4.68 Å². The van der Waals surface area contributed by atoms with Crippen molar-refractivity contribution in [1.29, 1.82) is 0 Å². The molecule has 0 aromatic rings. The SMILES string of the molecule is CCCC[C](=O)[Fe]. The van der Waals surface area contributed by atoms with Crippen LogP contribution in [0.1, 0.15) is 26.2 Å². The third kappa shape index (κ3) is 6.19. The second-order valence-electron chi connectivity index (χ2n) is 1.45. The molecule has 0 atom stereocenters. The molecule has 0 saturated heterocycles. The second kappa shape index (κ2) is 4.35. The first-order valence-electron chi connectivity index (χ1n) is 2.44. The van der Waals surface area contributed by atoms with Gasteiger partial charge in [0.15, 0.2) is 0 Å². The summed E-state index contributed by atoms with van der Waals surface area (Å²) in [5.41, 5.74) is 0. The van der Waals surface area contributed by atoms with Crippen LogP contribution in [-0.2, 0) is 20.8 Å². The van der Waals surface area contributed by atoms with Crippen LogP contribution in [0.3, 0.4) is 0 Å². The summed E-state index contributed by atoms with van der Waals surface area (Å²) >= 11 is 3.24. The summed E-state index contributed by atoms with van der Waals surface area (Å²) in [5, 5.41) is 0. The van der Waals surface area contributed by atoms with Gasteiger partial charge in [-0.05, 0) is 0 Å². The Kier molecular flexibility index (Phi) is 4.47. The third-order valence-electron chi connectivity index (χ3n) is 0.721. The molecule has 0 aliphatic carbocycles. The van der Waals surface area contributed by atoms with Crippen LogP contribution in [0, 0.1) is 0 Å². The quantitative estimate of drug-likeness (QED) is 0.540. The van der Waals surface area contributed by atoms with E-state index in [9.17, 15) is 4.79 Å². The first kappa shape index (κ1) is 7.19. The van der Waals surface area contributed by atoms with E-state index in [2.05, 4.69) is 22.9 Å². The van der Waals surface area contributed by atoms with E-state index in [0.29, 0.717) is 6.42 Å². The van der Waals surface area contributed by atoms with Crippen LogP contribution in [-0.4, -0.2) is 4.68 Å². The van der Waals surface area contributed by atoms with E-state index in [0.717, 1.165) is 12.8 Å². The van der Waals surface area contributed by atoms with Crippen molar-refractivity contribution in [1.82, 2.24) is 0 Å². The fraction of sp³-hybridized carbons (Fsp3) is 0.800. The normalized spacial score (nSPS) is 8.86. The molecule has 0 aromatic carbocycles. The van der Waals surface area contributed by atoms with Crippen molar-refractivity contribution in [3.8, 4) is 0 Å². The van der Waals surface area contributed by atoms with Crippen LogP contribution in [0.4, 0.5) is 0 Å². The zero-order valence-electron chi connectivity index (χ0n) is 4.38. The minimum absolute atomic E-state index is 0.0573. The summed E-state index contributed by atoms with van der Waals surface area (Å²) in [4.78, 5) is 10.1. The molecule has 0 unspecified atom stereocenters. The summed E-state index contributed by atoms with van der Waals surface area (Å²) in [6, 6.07) is 0. The van der Waals surface area contributed by atoms with Gasteiger partial charge in [0.2, 0.25) is 0 Å². The zero-order chi connectivity index (χ0) is 5.70. The predicted molar refractivity (Wildman–Crippen MR) is 24.5 cm³/mol. The maximum absolute atomic E-state index is 10.1. The Morgan fingerprint density at radius 1 is 1.71 bits per heavy atom. The zero-order valence-corrected chi connectivity index (χ0v) is 5.49. The molecule has 7 heavy (non-hydrogen) atoms. The predicted octanol–water partition coefficient (Wildman–Crippen LogP) is 1.25. The molecule has 2 heteroatoms.